The van der Waals surface area contributed by atoms with Gasteiger partial charge in [-0.3, -0.25) is 0 Å². The van der Waals surface area contributed by atoms with Crippen molar-refractivity contribution in [1.29, 1.82) is 0 Å². The Balaban J connectivity index is 1.42. The van der Waals surface area contributed by atoms with Gasteiger partial charge in [-0.25, -0.2) is 4.98 Å². The molecule has 0 saturated carbocycles. The Morgan fingerprint density at radius 2 is 1.21 bits per heavy atom. The number of benzene rings is 3. The van der Waals surface area contributed by atoms with Crippen LogP contribution >= 0.6 is 0 Å². The Labute approximate surface area is 199 Å². The maximum atomic E-state index is 6.11. The third-order valence-electron chi connectivity index (χ3n) is 6.74. The number of aryl methyl sites for hydroxylation is 2. The van der Waals surface area contributed by atoms with Gasteiger partial charge in [0.1, 0.15) is 5.52 Å². The van der Waals surface area contributed by atoms with E-state index >= 15 is 0 Å². The van der Waals surface area contributed by atoms with Gasteiger partial charge in [0.2, 0.25) is 5.89 Å². The van der Waals surface area contributed by atoms with Crippen molar-refractivity contribution >= 4 is 21.9 Å². The number of hydrogen-bond acceptors (Lipinski definition) is 2. The second-order valence-corrected chi connectivity index (χ2v) is 9.55. The first-order valence-electron chi connectivity index (χ1n) is 13.2. The van der Waals surface area contributed by atoms with E-state index in [0.29, 0.717) is 5.89 Å². The van der Waals surface area contributed by atoms with Gasteiger partial charge in [-0.2, -0.15) is 0 Å². The normalized spacial score (nSPS) is 11.6. The van der Waals surface area contributed by atoms with Crippen LogP contribution in [0.4, 0.5) is 0 Å². The first-order chi connectivity index (χ1) is 16.3. The minimum absolute atomic E-state index is 0.714. The molecule has 0 unspecified atom stereocenters. The molecule has 1 aromatic heterocycles. The van der Waals surface area contributed by atoms with E-state index in [9.17, 15) is 0 Å². The average Bonchev–Trinajstić information content (AvgIpc) is 3.27. The molecular formula is C31H39NO. The molecule has 4 aromatic rings. The van der Waals surface area contributed by atoms with Crippen LogP contribution in [0, 0.1) is 0 Å². The highest BCUT2D eigenvalue weighted by Crippen LogP contribution is 2.29. The molecule has 2 heteroatoms. The number of fused-ring (bicyclic) bond motifs is 2. The summed E-state index contributed by atoms with van der Waals surface area (Å²) in [5.74, 6) is 0.714. The minimum Gasteiger partial charge on any atom is -0.436 e. The van der Waals surface area contributed by atoms with Crippen LogP contribution in [-0.2, 0) is 12.8 Å². The Morgan fingerprint density at radius 1 is 0.606 bits per heavy atom. The van der Waals surface area contributed by atoms with E-state index in [4.69, 9.17) is 9.40 Å². The molecule has 174 valence electrons. The van der Waals surface area contributed by atoms with Crippen LogP contribution in [0.5, 0.6) is 0 Å². The third kappa shape index (κ3) is 6.47. The molecule has 0 aliphatic rings. The van der Waals surface area contributed by atoms with Crippen LogP contribution in [0.2, 0.25) is 0 Å². The number of oxazole rings is 1. The molecule has 3 aromatic carbocycles. The topological polar surface area (TPSA) is 26.0 Å². The summed E-state index contributed by atoms with van der Waals surface area (Å²) in [6, 6.07) is 19.9. The zero-order valence-electron chi connectivity index (χ0n) is 20.5. The third-order valence-corrected chi connectivity index (χ3v) is 6.74. The lowest BCUT2D eigenvalue weighted by Crippen LogP contribution is -1.87. The first kappa shape index (κ1) is 23.5. The monoisotopic (exact) mass is 441 g/mol. The van der Waals surface area contributed by atoms with Gasteiger partial charge in [0.05, 0.1) is 0 Å². The molecule has 4 rings (SSSR count). The predicted molar refractivity (Wildman–Crippen MR) is 142 cm³/mol. The van der Waals surface area contributed by atoms with Gasteiger partial charge in [-0.1, -0.05) is 95.5 Å². The summed E-state index contributed by atoms with van der Waals surface area (Å²) >= 11 is 0. The molecule has 0 bridgehead atoms. The van der Waals surface area contributed by atoms with Crippen molar-refractivity contribution in [1.82, 2.24) is 4.98 Å². The smallest absolute Gasteiger partial charge is 0.227 e. The van der Waals surface area contributed by atoms with Crippen LogP contribution < -0.4 is 0 Å². The van der Waals surface area contributed by atoms with E-state index in [1.807, 2.05) is 0 Å². The molecule has 2 nitrogen and oxygen atoms in total. The maximum absolute atomic E-state index is 6.11. The van der Waals surface area contributed by atoms with Crippen LogP contribution in [0.1, 0.15) is 89.2 Å². The van der Waals surface area contributed by atoms with Gasteiger partial charge in [-0.15, -0.1) is 0 Å². The summed E-state index contributed by atoms with van der Waals surface area (Å²) in [5.41, 5.74) is 5.69. The summed E-state index contributed by atoms with van der Waals surface area (Å²) in [4.78, 5) is 4.82. The molecule has 1 heterocycles. The lowest BCUT2D eigenvalue weighted by molar-refractivity contribution is 0.607. The summed E-state index contributed by atoms with van der Waals surface area (Å²) in [6.07, 6.45) is 15.5. The second-order valence-electron chi connectivity index (χ2n) is 9.55. The van der Waals surface area contributed by atoms with Crippen LogP contribution in [0.15, 0.2) is 59.0 Å². The number of rotatable bonds is 13. The lowest BCUT2D eigenvalue weighted by atomic mass is 10.0. The molecule has 0 spiro atoms. The number of nitrogens with zero attached hydrogens (tertiary/aromatic N) is 1. The summed E-state index contributed by atoms with van der Waals surface area (Å²) < 4.78 is 6.11. The quantitative estimate of drug-likeness (QED) is 0.193. The lowest BCUT2D eigenvalue weighted by Gasteiger charge is -2.05. The fraction of sp³-hybridized carbons (Fsp3) is 0.452. The number of unbranched alkanes of at least 4 members (excludes halogenated alkanes) is 8. The predicted octanol–water partition coefficient (Wildman–Crippen LogP) is 9.67. The molecular weight excluding hydrogens is 402 g/mol. The van der Waals surface area contributed by atoms with Crippen molar-refractivity contribution in [3.05, 3.63) is 65.7 Å². The van der Waals surface area contributed by atoms with E-state index in [0.717, 1.165) is 23.1 Å². The van der Waals surface area contributed by atoms with E-state index in [1.54, 1.807) is 0 Å². The van der Waals surface area contributed by atoms with E-state index in [2.05, 4.69) is 68.4 Å². The molecule has 0 saturated heterocycles. The molecule has 0 atom stereocenters. The Hall–Kier alpha value is -2.61. The zero-order chi connectivity index (χ0) is 22.9. The van der Waals surface area contributed by atoms with Crippen molar-refractivity contribution < 1.29 is 4.42 Å². The fourth-order valence-corrected chi connectivity index (χ4v) is 4.70. The largest absolute Gasteiger partial charge is 0.436 e. The SMILES string of the molecule is CCCCCCCCc1ccc2cc(-c3nc4cc(CCCCCC)ccc4o3)ccc2c1. The molecule has 0 amide bonds. The Morgan fingerprint density at radius 3 is 2.00 bits per heavy atom. The van der Waals surface area contributed by atoms with Crippen molar-refractivity contribution in [3.63, 3.8) is 0 Å². The van der Waals surface area contributed by atoms with Gasteiger partial charge < -0.3 is 4.42 Å². The van der Waals surface area contributed by atoms with Crippen LogP contribution in [0.25, 0.3) is 33.3 Å². The van der Waals surface area contributed by atoms with Gasteiger partial charge in [0.25, 0.3) is 0 Å². The molecule has 0 aliphatic heterocycles. The highest BCUT2D eigenvalue weighted by molar-refractivity contribution is 5.87. The molecule has 0 fully saturated rings. The summed E-state index contributed by atoms with van der Waals surface area (Å²) in [5, 5.41) is 2.55. The van der Waals surface area contributed by atoms with Crippen LogP contribution in [-0.4, -0.2) is 4.98 Å². The van der Waals surface area contributed by atoms with Crippen molar-refractivity contribution in [2.24, 2.45) is 0 Å². The first-order valence-corrected chi connectivity index (χ1v) is 13.2. The number of aromatic nitrogens is 1. The minimum atomic E-state index is 0.714. The Kier molecular flexibility index (Phi) is 8.58. The van der Waals surface area contributed by atoms with E-state index in [1.165, 1.54) is 92.5 Å². The molecule has 33 heavy (non-hydrogen) atoms. The summed E-state index contributed by atoms with van der Waals surface area (Å²) in [7, 11) is 0. The fourth-order valence-electron chi connectivity index (χ4n) is 4.70. The van der Waals surface area contributed by atoms with Gasteiger partial charge in [0, 0.05) is 5.56 Å². The van der Waals surface area contributed by atoms with Crippen molar-refractivity contribution in [3.8, 4) is 11.5 Å². The highest BCUT2D eigenvalue weighted by atomic mass is 16.3. The van der Waals surface area contributed by atoms with Gasteiger partial charge in [-0.05, 0) is 71.8 Å². The molecule has 0 N–H and O–H groups in total. The van der Waals surface area contributed by atoms with Crippen molar-refractivity contribution in [2.75, 3.05) is 0 Å². The van der Waals surface area contributed by atoms with Gasteiger partial charge in [0.15, 0.2) is 5.58 Å². The zero-order valence-corrected chi connectivity index (χ0v) is 20.5. The van der Waals surface area contributed by atoms with Crippen molar-refractivity contribution in [2.45, 2.75) is 90.9 Å². The van der Waals surface area contributed by atoms with Crippen LogP contribution in [0.3, 0.4) is 0 Å². The maximum Gasteiger partial charge on any atom is 0.227 e. The number of hydrogen-bond donors (Lipinski definition) is 0. The Bertz CT molecular complexity index is 1160. The standard InChI is InChI=1S/C31H39NO/c1-3-5-7-9-10-12-13-24-15-17-27-23-28(19-18-26(27)21-24)31-32-29-22-25(14-11-8-6-4-2)16-20-30(29)33-31/h15-23H,3-14H2,1-2H3. The second kappa shape index (κ2) is 12.0. The van der Waals surface area contributed by atoms with E-state index in [-0.39, 0.29) is 0 Å². The van der Waals surface area contributed by atoms with E-state index < -0.39 is 0 Å². The molecule has 0 radical (unpaired) electrons. The summed E-state index contributed by atoms with van der Waals surface area (Å²) in [6.45, 7) is 4.53. The highest BCUT2D eigenvalue weighted by Gasteiger charge is 2.10. The average molecular weight is 442 g/mol. The molecule has 0 aliphatic carbocycles. The van der Waals surface area contributed by atoms with Gasteiger partial charge >= 0.3 is 0 Å².